The lowest BCUT2D eigenvalue weighted by Gasteiger charge is -2.19. The minimum absolute atomic E-state index is 0.584. The van der Waals surface area contributed by atoms with Gasteiger partial charge in [-0.15, -0.1) is 0 Å². The fourth-order valence-corrected chi connectivity index (χ4v) is 3.98. The fourth-order valence-electron chi connectivity index (χ4n) is 3.00. The number of fused-ring (bicyclic) bond motifs is 1. The lowest BCUT2D eigenvalue weighted by atomic mass is 9.95. The van der Waals surface area contributed by atoms with Gasteiger partial charge in [0.2, 0.25) is 0 Å². The van der Waals surface area contributed by atoms with Crippen LogP contribution in [-0.4, -0.2) is 9.81 Å². The predicted octanol–water partition coefficient (Wildman–Crippen LogP) is 4.09. The summed E-state index contributed by atoms with van der Waals surface area (Å²) in [6, 6.07) is 2.03. The van der Waals surface area contributed by atoms with Crippen LogP contribution in [0.5, 0.6) is 0 Å². The molecule has 3 unspecified atom stereocenters. The third-order valence-electron chi connectivity index (χ3n) is 4.06. The van der Waals surface area contributed by atoms with E-state index in [-0.39, 0.29) is 0 Å². The largest absolute Gasteiger partial charge is 0.263 e. The van der Waals surface area contributed by atoms with Crippen LogP contribution < -0.4 is 0 Å². The van der Waals surface area contributed by atoms with Gasteiger partial charge in [0.1, 0.15) is 0 Å². The molecule has 2 aliphatic carbocycles. The molecular weight excluding hydrogens is 286 g/mol. The fraction of sp³-hybridized carbons (Fsp3) is 0.615. The first kappa shape index (κ1) is 11.0. The van der Waals surface area contributed by atoms with Crippen LogP contribution in [-0.2, 0) is 6.42 Å². The predicted molar refractivity (Wildman–Crippen MR) is 70.0 cm³/mol. The molecule has 1 nitrogen and oxygen atoms in total. The second-order valence-corrected chi connectivity index (χ2v) is 6.76. The van der Waals surface area contributed by atoms with E-state index >= 15 is 0 Å². The van der Waals surface area contributed by atoms with Crippen LogP contribution in [0.4, 0.5) is 0 Å². The normalized spacial score (nSPS) is 33.5. The quantitative estimate of drug-likeness (QED) is 0.766. The minimum atomic E-state index is 0.584. The molecule has 1 aromatic heterocycles. The molecule has 0 amide bonds. The maximum Gasteiger partial charge on any atom is 0.0621 e. The molecule has 1 heterocycles. The zero-order chi connectivity index (χ0) is 11.1. The highest BCUT2D eigenvalue weighted by Gasteiger charge is 2.47. The third-order valence-corrected chi connectivity index (χ3v) is 5.47. The van der Waals surface area contributed by atoms with Crippen LogP contribution in [0.2, 0.25) is 5.02 Å². The van der Waals surface area contributed by atoms with E-state index < -0.39 is 0 Å². The van der Waals surface area contributed by atoms with Crippen molar-refractivity contribution >= 4 is 27.5 Å². The van der Waals surface area contributed by atoms with Crippen LogP contribution in [0.3, 0.4) is 0 Å². The standard InChI is InChI=1S/C13H15BrClN/c14-12(11-4-9-3-10(9)5-11)6-8-1-2-16-7-13(8)15/h1-2,7,9-12H,3-6H2. The summed E-state index contributed by atoms with van der Waals surface area (Å²) in [4.78, 5) is 4.61. The number of alkyl halides is 1. The van der Waals surface area contributed by atoms with E-state index in [1.165, 1.54) is 24.8 Å². The van der Waals surface area contributed by atoms with Gasteiger partial charge >= 0.3 is 0 Å². The highest BCUT2D eigenvalue weighted by molar-refractivity contribution is 9.09. The minimum Gasteiger partial charge on any atom is -0.263 e. The van der Waals surface area contributed by atoms with Crippen molar-refractivity contribution in [3.63, 3.8) is 0 Å². The topological polar surface area (TPSA) is 12.9 Å². The molecule has 2 fully saturated rings. The third kappa shape index (κ3) is 2.14. The van der Waals surface area contributed by atoms with E-state index in [9.17, 15) is 0 Å². The molecule has 1 aromatic rings. The van der Waals surface area contributed by atoms with Gasteiger partial charge in [0.05, 0.1) is 5.02 Å². The van der Waals surface area contributed by atoms with Crippen LogP contribution >= 0.6 is 27.5 Å². The summed E-state index contributed by atoms with van der Waals surface area (Å²) in [6.07, 6.45) is 8.93. The summed E-state index contributed by atoms with van der Waals surface area (Å²) in [7, 11) is 0. The Morgan fingerprint density at radius 1 is 1.38 bits per heavy atom. The molecule has 0 aliphatic heterocycles. The first-order valence-corrected chi connectivity index (χ1v) is 7.26. The van der Waals surface area contributed by atoms with E-state index in [2.05, 4.69) is 20.9 Å². The molecule has 86 valence electrons. The highest BCUT2D eigenvalue weighted by atomic mass is 79.9. The molecular formula is C13H15BrClN. The Labute approximate surface area is 110 Å². The molecule has 3 heteroatoms. The molecule has 0 radical (unpaired) electrons. The summed E-state index contributed by atoms with van der Waals surface area (Å²) < 4.78 is 0. The van der Waals surface area contributed by atoms with Gasteiger partial charge < -0.3 is 0 Å². The van der Waals surface area contributed by atoms with E-state index in [1.54, 1.807) is 6.20 Å². The Kier molecular flexibility index (Phi) is 2.97. The van der Waals surface area contributed by atoms with Crippen LogP contribution in [0.25, 0.3) is 0 Å². The molecule has 2 aliphatic rings. The number of halogens is 2. The van der Waals surface area contributed by atoms with Crippen LogP contribution in [0.1, 0.15) is 24.8 Å². The van der Waals surface area contributed by atoms with Crippen molar-refractivity contribution in [1.82, 2.24) is 4.98 Å². The summed E-state index contributed by atoms with van der Waals surface area (Å²) in [5.74, 6) is 2.96. The van der Waals surface area contributed by atoms with E-state index in [0.29, 0.717) is 4.83 Å². The summed E-state index contributed by atoms with van der Waals surface area (Å²) in [5.41, 5.74) is 1.22. The molecule has 16 heavy (non-hydrogen) atoms. The monoisotopic (exact) mass is 299 g/mol. The van der Waals surface area contributed by atoms with Gasteiger partial charge in [0.25, 0.3) is 0 Å². The van der Waals surface area contributed by atoms with Gasteiger partial charge in [-0.05, 0) is 55.1 Å². The average molecular weight is 301 g/mol. The SMILES string of the molecule is Clc1cnccc1CC(Br)C1CC2CC2C1. The molecule has 0 aromatic carbocycles. The van der Waals surface area contributed by atoms with E-state index in [4.69, 9.17) is 11.6 Å². The zero-order valence-electron chi connectivity index (χ0n) is 9.07. The molecule has 3 rings (SSSR count). The first-order chi connectivity index (χ1) is 7.74. The van der Waals surface area contributed by atoms with Gasteiger partial charge in [0.15, 0.2) is 0 Å². The van der Waals surface area contributed by atoms with Crippen molar-refractivity contribution in [2.45, 2.75) is 30.5 Å². The molecule has 0 bridgehead atoms. The van der Waals surface area contributed by atoms with Gasteiger partial charge in [0, 0.05) is 17.2 Å². The smallest absolute Gasteiger partial charge is 0.0621 e. The second-order valence-electron chi connectivity index (χ2n) is 5.17. The van der Waals surface area contributed by atoms with Crippen molar-refractivity contribution in [2.75, 3.05) is 0 Å². The molecule has 0 N–H and O–H groups in total. The lowest BCUT2D eigenvalue weighted by Crippen LogP contribution is -2.15. The van der Waals surface area contributed by atoms with Crippen molar-refractivity contribution in [3.05, 3.63) is 29.0 Å². The van der Waals surface area contributed by atoms with Crippen LogP contribution in [0.15, 0.2) is 18.5 Å². The Morgan fingerprint density at radius 2 is 2.12 bits per heavy atom. The Morgan fingerprint density at radius 3 is 2.81 bits per heavy atom. The molecule has 0 saturated heterocycles. The van der Waals surface area contributed by atoms with Gasteiger partial charge in [-0.1, -0.05) is 27.5 Å². The Balaban J connectivity index is 1.64. The van der Waals surface area contributed by atoms with Crippen molar-refractivity contribution in [1.29, 1.82) is 0 Å². The molecule has 2 saturated carbocycles. The van der Waals surface area contributed by atoms with E-state index in [0.717, 1.165) is 29.2 Å². The first-order valence-electron chi connectivity index (χ1n) is 5.96. The number of pyridine rings is 1. The molecule has 3 atom stereocenters. The van der Waals surface area contributed by atoms with Crippen LogP contribution in [0, 0.1) is 17.8 Å². The summed E-state index contributed by atoms with van der Waals surface area (Å²) in [5, 5.41) is 0.801. The maximum atomic E-state index is 6.13. The number of hydrogen-bond donors (Lipinski definition) is 0. The summed E-state index contributed by atoms with van der Waals surface area (Å²) in [6.45, 7) is 0. The summed E-state index contributed by atoms with van der Waals surface area (Å²) >= 11 is 9.97. The number of hydrogen-bond acceptors (Lipinski definition) is 1. The van der Waals surface area contributed by atoms with Gasteiger partial charge in [-0.25, -0.2) is 0 Å². The number of nitrogens with zero attached hydrogens (tertiary/aromatic N) is 1. The molecule has 0 spiro atoms. The lowest BCUT2D eigenvalue weighted by molar-refractivity contribution is 0.471. The number of rotatable bonds is 3. The van der Waals surface area contributed by atoms with Crippen molar-refractivity contribution < 1.29 is 0 Å². The Hall–Kier alpha value is -0.0800. The van der Waals surface area contributed by atoms with Gasteiger partial charge in [-0.3, -0.25) is 4.98 Å². The van der Waals surface area contributed by atoms with Crippen molar-refractivity contribution in [3.8, 4) is 0 Å². The highest BCUT2D eigenvalue weighted by Crippen LogP contribution is 2.56. The average Bonchev–Trinajstić information content (AvgIpc) is 2.89. The van der Waals surface area contributed by atoms with Crippen molar-refractivity contribution in [2.24, 2.45) is 17.8 Å². The Bertz CT molecular complexity index is 385. The maximum absolute atomic E-state index is 6.13. The second kappa shape index (κ2) is 4.30. The van der Waals surface area contributed by atoms with E-state index in [1.807, 2.05) is 12.3 Å². The zero-order valence-corrected chi connectivity index (χ0v) is 11.4. The van der Waals surface area contributed by atoms with Gasteiger partial charge in [-0.2, -0.15) is 0 Å². The number of aromatic nitrogens is 1.